The van der Waals surface area contributed by atoms with E-state index in [0.29, 0.717) is 0 Å². The molecule has 1 aliphatic heterocycles. The molecule has 3 heterocycles. The van der Waals surface area contributed by atoms with E-state index in [4.69, 9.17) is 4.74 Å². The first-order valence-electron chi connectivity index (χ1n) is 5.35. The lowest BCUT2D eigenvalue weighted by Crippen LogP contribution is -2.05. The highest BCUT2D eigenvalue weighted by molar-refractivity contribution is 5.54. The predicted molar refractivity (Wildman–Crippen MR) is 57.8 cm³/mol. The lowest BCUT2D eigenvalue weighted by molar-refractivity contribution is 0.140. The molecule has 5 nitrogen and oxygen atoms in total. The molecule has 0 unspecified atom stereocenters. The van der Waals surface area contributed by atoms with E-state index in [2.05, 4.69) is 19.7 Å². The van der Waals surface area contributed by atoms with Crippen LogP contribution in [0.4, 0.5) is 0 Å². The summed E-state index contributed by atoms with van der Waals surface area (Å²) in [6.45, 7) is 2.28. The molecule has 0 saturated heterocycles. The number of pyridine rings is 1. The van der Waals surface area contributed by atoms with Gasteiger partial charge < -0.3 is 9.30 Å². The zero-order chi connectivity index (χ0) is 10.8. The maximum Gasteiger partial charge on any atom is 0.164 e. The number of nitrogens with zero attached hydrogens (tertiary/aromatic N) is 4. The SMILES string of the molecule is c1cc(-c2nnc3n2CCOCC3)ccn1. The summed E-state index contributed by atoms with van der Waals surface area (Å²) in [5.41, 5.74) is 1.05. The second-order valence-corrected chi connectivity index (χ2v) is 3.69. The van der Waals surface area contributed by atoms with Crippen LogP contribution in [0, 0.1) is 0 Å². The maximum absolute atomic E-state index is 5.43. The van der Waals surface area contributed by atoms with Gasteiger partial charge in [-0.1, -0.05) is 0 Å². The zero-order valence-corrected chi connectivity index (χ0v) is 8.83. The van der Waals surface area contributed by atoms with Gasteiger partial charge in [-0.2, -0.15) is 0 Å². The van der Waals surface area contributed by atoms with Gasteiger partial charge in [0.2, 0.25) is 0 Å². The number of ether oxygens (including phenoxy) is 1. The fraction of sp³-hybridized carbons (Fsp3) is 0.364. The van der Waals surface area contributed by atoms with Gasteiger partial charge in [0.05, 0.1) is 13.2 Å². The lowest BCUT2D eigenvalue weighted by Gasteiger charge is -2.05. The van der Waals surface area contributed by atoms with Crippen molar-refractivity contribution in [3.8, 4) is 11.4 Å². The van der Waals surface area contributed by atoms with Crippen LogP contribution < -0.4 is 0 Å². The summed E-state index contributed by atoms with van der Waals surface area (Å²) in [5.74, 6) is 1.91. The monoisotopic (exact) mass is 216 g/mol. The van der Waals surface area contributed by atoms with Gasteiger partial charge in [0, 0.05) is 30.9 Å². The van der Waals surface area contributed by atoms with Crippen molar-refractivity contribution >= 4 is 0 Å². The highest BCUT2D eigenvalue weighted by Crippen LogP contribution is 2.18. The lowest BCUT2D eigenvalue weighted by atomic mass is 10.2. The van der Waals surface area contributed by atoms with Crippen LogP contribution in [-0.4, -0.2) is 33.0 Å². The molecule has 3 rings (SSSR count). The Hall–Kier alpha value is -1.75. The van der Waals surface area contributed by atoms with E-state index in [-0.39, 0.29) is 0 Å². The number of fused-ring (bicyclic) bond motifs is 1. The largest absolute Gasteiger partial charge is 0.379 e. The second-order valence-electron chi connectivity index (χ2n) is 3.69. The minimum Gasteiger partial charge on any atom is -0.379 e. The molecule has 0 spiro atoms. The van der Waals surface area contributed by atoms with Crippen molar-refractivity contribution in [3.05, 3.63) is 30.4 Å². The predicted octanol–water partition coefficient (Wildman–Crippen LogP) is 0.913. The van der Waals surface area contributed by atoms with E-state index in [0.717, 1.165) is 43.4 Å². The molecule has 0 saturated carbocycles. The van der Waals surface area contributed by atoms with Crippen LogP contribution in [0.15, 0.2) is 24.5 Å². The van der Waals surface area contributed by atoms with Gasteiger partial charge in [-0.05, 0) is 12.1 Å². The highest BCUT2D eigenvalue weighted by Gasteiger charge is 2.15. The van der Waals surface area contributed by atoms with Crippen molar-refractivity contribution in [1.82, 2.24) is 19.7 Å². The Balaban J connectivity index is 2.06. The summed E-state index contributed by atoms with van der Waals surface area (Å²) < 4.78 is 7.55. The number of rotatable bonds is 1. The van der Waals surface area contributed by atoms with Crippen molar-refractivity contribution in [2.24, 2.45) is 0 Å². The molecule has 0 bridgehead atoms. The van der Waals surface area contributed by atoms with E-state index in [9.17, 15) is 0 Å². The first-order chi connectivity index (χ1) is 7.95. The van der Waals surface area contributed by atoms with Crippen molar-refractivity contribution in [1.29, 1.82) is 0 Å². The molecule has 0 atom stereocenters. The zero-order valence-electron chi connectivity index (χ0n) is 8.83. The normalized spacial score (nSPS) is 15.5. The summed E-state index contributed by atoms with van der Waals surface area (Å²) in [5, 5.41) is 8.44. The summed E-state index contributed by atoms with van der Waals surface area (Å²) in [6.07, 6.45) is 4.37. The third kappa shape index (κ3) is 1.59. The van der Waals surface area contributed by atoms with Crippen LogP contribution >= 0.6 is 0 Å². The van der Waals surface area contributed by atoms with Gasteiger partial charge in [-0.25, -0.2) is 0 Å². The quantitative estimate of drug-likeness (QED) is 0.711. The van der Waals surface area contributed by atoms with Gasteiger partial charge in [0.15, 0.2) is 5.82 Å². The molecular weight excluding hydrogens is 204 g/mol. The van der Waals surface area contributed by atoms with Gasteiger partial charge in [0.25, 0.3) is 0 Å². The molecule has 0 aliphatic carbocycles. The Morgan fingerprint density at radius 1 is 1.12 bits per heavy atom. The van der Waals surface area contributed by atoms with Crippen LogP contribution in [0.2, 0.25) is 0 Å². The van der Waals surface area contributed by atoms with E-state index >= 15 is 0 Å². The Bertz CT molecular complexity index is 480. The molecule has 5 heteroatoms. The van der Waals surface area contributed by atoms with E-state index in [1.54, 1.807) is 12.4 Å². The first kappa shape index (κ1) is 9.47. The Kier molecular flexibility index (Phi) is 2.38. The molecule has 16 heavy (non-hydrogen) atoms. The summed E-state index contributed by atoms with van der Waals surface area (Å²) in [6, 6.07) is 3.89. The van der Waals surface area contributed by atoms with Crippen LogP contribution in [-0.2, 0) is 17.7 Å². The minimum atomic E-state index is 0.725. The van der Waals surface area contributed by atoms with Crippen LogP contribution in [0.25, 0.3) is 11.4 Å². The maximum atomic E-state index is 5.43. The standard InChI is InChI=1S/C11H12N4O/c1-4-12-5-2-9(1)11-14-13-10-3-7-16-8-6-15(10)11/h1-2,4-5H,3,6-8H2. The van der Waals surface area contributed by atoms with Crippen molar-refractivity contribution in [3.63, 3.8) is 0 Å². The van der Waals surface area contributed by atoms with Gasteiger partial charge in [-0.3, -0.25) is 4.98 Å². The van der Waals surface area contributed by atoms with Crippen LogP contribution in [0.5, 0.6) is 0 Å². The third-order valence-electron chi connectivity index (χ3n) is 2.70. The van der Waals surface area contributed by atoms with Crippen molar-refractivity contribution in [2.75, 3.05) is 13.2 Å². The summed E-state index contributed by atoms with van der Waals surface area (Å²) in [4.78, 5) is 4.00. The van der Waals surface area contributed by atoms with E-state index in [1.165, 1.54) is 0 Å². The molecular formula is C11H12N4O. The number of hydrogen-bond donors (Lipinski definition) is 0. The Labute approximate surface area is 93.1 Å². The average molecular weight is 216 g/mol. The van der Waals surface area contributed by atoms with Crippen molar-refractivity contribution in [2.45, 2.75) is 13.0 Å². The minimum absolute atomic E-state index is 0.725. The molecule has 0 N–H and O–H groups in total. The number of aromatic nitrogens is 4. The molecule has 2 aromatic heterocycles. The first-order valence-corrected chi connectivity index (χ1v) is 5.35. The fourth-order valence-corrected chi connectivity index (χ4v) is 1.89. The van der Waals surface area contributed by atoms with E-state index in [1.807, 2.05) is 12.1 Å². The highest BCUT2D eigenvalue weighted by atomic mass is 16.5. The van der Waals surface area contributed by atoms with Gasteiger partial charge in [-0.15, -0.1) is 10.2 Å². The van der Waals surface area contributed by atoms with Crippen molar-refractivity contribution < 1.29 is 4.74 Å². The molecule has 1 aliphatic rings. The van der Waals surface area contributed by atoms with Crippen LogP contribution in [0.3, 0.4) is 0 Å². The Morgan fingerprint density at radius 2 is 2.00 bits per heavy atom. The van der Waals surface area contributed by atoms with E-state index < -0.39 is 0 Å². The van der Waals surface area contributed by atoms with Crippen LogP contribution in [0.1, 0.15) is 5.82 Å². The van der Waals surface area contributed by atoms with Gasteiger partial charge in [0.1, 0.15) is 5.82 Å². The molecule has 82 valence electrons. The second kappa shape index (κ2) is 4.02. The molecule has 0 fully saturated rings. The molecule has 0 radical (unpaired) electrons. The molecule has 2 aromatic rings. The third-order valence-corrected chi connectivity index (χ3v) is 2.70. The smallest absolute Gasteiger partial charge is 0.164 e. The molecule has 0 amide bonds. The topological polar surface area (TPSA) is 52.8 Å². The summed E-state index contributed by atoms with van der Waals surface area (Å²) in [7, 11) is 0. The fourth-order valence-electron chi connectivity index (χ4n) is 1.89. The average Bonchev–Trinajstić information content (AvgIpc) is 2.60. The Morgan fingerprint density at radius 3 is 2.88 bits per heavy atom. The molecule has 0 aromatic carbocycles. The summed E-state index contributed by atoms with van der Waals surface area (Å²) >= 11 is 0. The van der Waals surface area contributed by atoms with Gasteiger partial charge >= 0.3 is 0 Å². The number of hydrogen-bond acceptors (Lipinski definition) is 4.